The lowest BCUT2D eigenvalue weighted by atomic mass is 10.2. The standard InChI is InChI=1S/C21H22N6/c22-12-19-6-7-21(24-13-19)26-10-8-25(9-11-26)16-20-14-23-17-27(20)15-18-4-2-1-3-5-18/h1-7,13-14,17H,8-11,15-16H2. The van der Waals surface area contributed by atoms with Crippen LogP contribution in [0.25, 0.3) is 0 Å². The summed E-state index contributed by atoms with van der Waals surface area (Å²) >= 11 is 0. The van der Waals surface area contributed by atoms with Crippen LogP contribution in [0.2, 0.25) is 0 Å². The fourth-order valence-electron chi connectivity index (χ4n) is 3.41. The van der Waals surface area contributed by atoms with Crippen molar-refractivity contribution < 1.29 is 0 Å². The number of benzene rings is 1. The van der Waals surface area contributed by atoms with Crippen LogP contribution in [-0.2, 0) is 13.1 Å². The summed E-state index contributed by atoms with van der Waals surface area (Å²) in [6, 6.07) is 16.4. The molecule has 0 aliphatic carbocycles. The molecule has 6 nitrogen and oxygen atoms in total. The van der Waals surface area contributed by atoms with E-state index in [1.807, 2.05) is 30.7 Å². The zero-order valence-electron chi connectivity index (χ0n) is 15.2. The maximum Gasteiger partial charge on any atom is 0.128 e. The summed E-state index contributed by atoms with van der Waals surface area (Å²) in [6.07, 6.45) is 5.53. The summed E-state index contributed by atoms with van der Waals surface area (Å²) in [6.45, 7) is 5.60. The van der Waals surface area contributed by atoms with E-state index in [1.54, 1.807) is 6.20 Å². The molecule has 0 spiro atoms. The fraction of sp³-hybridized carbons (Fsp3) is 0.286. The second kappa shape index (κ2) is 8.02. The molecule has 0 radical (unpaired) electrons. The molecule has 0 amide bonds. The highest BCUT2D eigenvalue weighted by Gasteiger charge is 2.19. The van der Waals surface area contributed by atoms with E-state index < -0.39 is 0 Å². The molecule has 1 aliphatic rings. The van der Waals surface area contributed by atoms with Crippen molar-refractivity contribution in [3.63, 3.8) is 0 Å². The van der Waals surface area contributed by atoms with Gasteiger partial charge in [0.1, 0.15) is 11.9 Å². The third-order valence-electron chi connectivity index (χ3n) is 4.95. The minimum Gasteiger partial charge on any atom is -0.354 e. The molecular weight excluding hydrogens is 336 g/mol. The normalized spacial score (nSPS) is 14.9. The molecule has 136 valence electrons. The number of rotatable bonds is 5. The van der Waals surface area contributed by atoms with Gasteiger partial charge in [0.05, 0.1) is 17.6 Å². The van der Waals surface area contributed by atoms with Crippen LogP contribution in [0.15, 0.2) is 61.2 Å². The van der Waals surface area contributed by atoms with E-state index in [0.29, 0.717) is 5.56 Å². The molecule has 0 bridgehead atoms. The summed E-state index contributed by atoms with van der Waals surface area (Å²) < 4.78 is 2.23. The van der Waals surface area contributed by atoms with Gasteiger partial charge in [-0.25, -0.2) is 9.97 Å². The van der Waals surface area contributed by atoms with Crippen molar-refractivity contribution in [1.82, 2.24) is 19.4 Å². The predicted molar refractivity (Wildman–Crippen MR) is 104 cm³/mol. The molecule has 3 aromatic rings. The number of nitrogens with zero attached hydrogens (tertiary/aromatic N) is 6. The van der Waals surface area contributed by atoms with Gasteiger partial charge >= 0.3 is 0 Å². The first-order valence-electron chi connectivity index (χ1n) is 9.18. The van der Waals surface area contributed by atoms with Crippen LogP contribution in [0.5, 0.6) is 0 Å². The Kier molecular flexibility index (Phi) is 5.13. The van der Waals surface area contributed by atoms with Gasteiger partial charge in [-0.15, -0.1) is 0 Å². The zero-order chi connectivity index (χ0) is 18.5. The number of hydrogen-bond donors (Lipinski definition) is 0. The number of hydrogen-bond acceptors (Lipinski definition) is 5. The molecule has 3 heterocycles. The lowest BCUT2D eigenvalue weighted by Gasteiger charge is -2.35. The number of anilines is 1. The molecule has 0 atom stereocenters. The minimum atomic E-state index is 0.601. The van der Waals surface area contributed by atoms with Crippen molar-refractivity contribution in [2.45, 2.75) is 13.1 Å². The quantitative estimate of drug-likeness (QED) is 0.701. The van der Waals surface area contributed by atoms with Crippen LogP contribution in [0.4, 0.5) is 5.82 Å². The summed E-state index contributed by atoms with van der Waals surface area (Å²) in [5, 5.41) is 8.89. The largest absolute Gasteiger partial charge is 0.354 e. The van der Waals surface area contributed by atoms with Gasteiger partial charge in [-0.05, 0) is 17.7 Å². The van der Waals surface area contributed by atoms with Crippen molar-refractivity contribution in [3.8, 4) is 6.07 Å². The Morgan fingerprint density at radius 3 is 2.44 bits per heavy atom. The summed E-state index contributed by atoms with van der Waals surface area (Å²) in [7, 11) is 0. The minimum absolute atomic E-state index is 0.601. The Labute approximate surface area is 159 Å². The highest BCUT2D eigenvalue weighted by atomic mass is 15.3. The van der Waals surface area contributed by atoms with Gasteiger partial charge in [-0.1, -0.05) is 30.3 Å². The first kappa shape index (κ1) is 17.3. The molecule has 0 N–H and O–H groups in total. The molecule has 1 saturated heterocycles. The Morgan fingerprint density at radius 1 is 0.926 bits per heavy atom. The van der Waals surface area contributed by atoms with E-state index in [9.17, 15) is 0 Å². The highest BCUT2D eigenvalue weighted by molar-refractivity contribution is 5.42. The molecule has 1 fully saturated rings. The van der Waals surface area contributed by atoms with Gasteiger partial charge in [-0.2, -0.15) is 5.26 Å². The number of imidazole rings is 1. The smallest absolute Gasteiger partial charge is 0.128 e. The number of piperazine rings is 1. The molecule has 1 aromatic carbocycles. The van der Waals surface area contributed by atoms with Crippen molar-refractivity contribution in [1.29, 1.82) is 5.26 Å². The van der Waals surface area contributed by atoms with Gasteiger partial charge in [0, 0.05) is 51.7 Å². The third kappa shape index (κ3) is 4.15. The van der Waals surface area contributed by atoms with E-state index in [2.05, 4.69) is 54.7 Å². The maximum absolute atomic E-state index is 8.89. The Hall–Kier alpha value is -3.17. The van der Waals surface area contributed by atoms with Crippen LogP contribution in [0.1, 0.15) is 16.8 Å². The average Bonchev–Trinajstić information content (AvgIpc) is 3.16. The van der Waals surface area contributed by atoms with Crippen LogP contribution in [0, 0.1) is 11.3 Å². The van der Waals surface area contributed by atoms with Gasteiger partial charge in [-0.3, -0.25) is 4.90 Å². The van der Waals surface area contributed by atoms with Crippen molar-refractivity contribution >= 4 is 5.82 Å². The first-order chi connectivity index (χ1) is 13.3. The molecule has 6 heteroatoms. The van der Waals surface area contributed by atoms with E-state index >= 15 is 0 Å². The van der Waals surface area contributed by atoms with Crippen LogP contribution in [-0.4, -0.2) is 45.6 Å². The fourth-order valence-corrected chi connectivity index (χ4v) is 3.41. The SMILES string of the molecule is N#Cc1ccc(N2CCN(Cc3cncn3Cc3ccccc3)CC2)nc1. The molecule has 27 heavy (non-hydrogen) atoms. The van der Waals surface area contributed by atoms with Crippen LogP contribution < -0.4 is 4.90 Å². The molecule has 1 aliphatic heterocycles. The molecule has 2 aromatic heterocycles. The lowest BCUT2D eigenvalue weighted by molar-refractivity contribution is 0.243. The van der Waals surface area contributed by atoms with Gasteiger partial charge in [0.2, 0.25) is 0 Å². The van der Waals surface area contributed by atoms with E-state index in [-0.39, 0.29) is 0 Å². The van der Waals surface area contributed by atoms with Crippen LogP contribution in [0.3, 0.4) is 0 Å². The van der Waals surface area contributed by atoms with Crippen molar-refractivity contribution in [3.05, 3.63) is 78.0 Å². The number of nitriles is 1. The number of pyridine rings is 1. The monoisotopic (exact) mass is 358 g/mol. The van der Waals surface area contributed by atoms with Gasteiger partial charge in [0.15, 0.2) is 0 Å². The van der Waals surface area contributed by atoms with Crippen LogP contribution >= 0.6 is 0 Å². The molecular formula is C21H22N6. The number of aromatic nitrogens is 3. The maximum atomic E-state index is 8.89. The van der Waals surface area contributed by atoms with Crippen molar-refractivity contribution in [2.75, 3.05) is 31.1 Å². The zero-order valence-corrected chi connectivity index (χ0v) is 15.2. The third-order valence-corrected chi connectivity index (χ3v) is 4.95. The first-order valence-corrected chi connectivity index (χ1v) is 9.18. The topological polar surface area (TPSA) is 61.0 Å². The van der Waals surface area contributed by atoms with E-state index in [4.69, 9.17) is 5.26 Å². The molecule has 0 saturated carbocycles. The Bertz CT molecular complexity index is 902. The molecule has 0 unspecified atom stereocenters. The summed E-state index contributed by atoms with van der Waals surface area (Å²) in [4.78, 5) is 13.5. The lowest BCUT2D eigenvalue weighted by Crippen LogP contribution is -2.46. The second-order valence-corrected chi connectivity index (χ2v) is 6.78. The van der Waals surface area contributed by atoms with Gasteiger partial charge in [0.25, 0.3) is 0 Å². The Balaban J connectivity index is 1.34. The van der Waals surface area contributed by atoms with E-state index in [0.717, 1.165) is 45.1 Å². The van der Waals surface area contributed by atoms with Crippen molar-refractivity contribution in [2.24, 2.45) is 0 Å². The van der Waals surface area contributed by atoms with E-state index in [1.165, 1.54) is 11.3 Å². The average molecular weight is 358 g/mol. The predicted octanol–water partition coefficient (Wildman–Crippen LogP) is 2.52. The summed E-state index contributed by atoms with van der Waals surface area (Å²) in [5.74, 6) is 0.947. The Morgan fingerprint density at radius 2 is 1.74 bits per heavy atom. The van der Waals surface area contributed by atoms with Gasteiger partial charge < -0.3 is 9.47 Å². The highest BCUT2D eigenvalue weighted by Crippen LogP contribution is 2.16. The second-order valence-electron chi connectivity index (χ2n) is 6.78. The molecule has 4 rings (SSSR count). The summed E-state index contributed by atoms with van der Waals surface area (Å²) in [5.41, 5.74) is 3.13.